The fraction of sp³-hybridized carbons (Fsp3) is 0.0750. The predicted octanol–water partition coefficient (Wildman–Crippen LogP) is 9.28. The molecule has 4 N–H and O–H groups in total. The van der Waals surface area contributed by atoms with E-state index in [4.69, 9.17) is 14.5 Å². The minimum absolute atomic E-state index is 0.0236. The molecule has 0 aliphatic heterocycles. The summed E-state index contributed by atoms with van der Waals surface area (Å²) in [6, 6.07) is 32.3. The van der Waals surface area contributed by atoms with Crippen LogP contribution in [0.4, 0.5) is 11.4 Å². The average Bonchev–Trinajstić information content (AvgIpc) is 3.71. The van der Waals surface area contributed by atoms with Crippen LogP contribution in [0.25, 0.3) is 11.3 Å². The van der Waals surface area contributed by atoms with Gasteiger partial charge in [-0.05, 0) is 79.2 Å². The minimum atomic E-state index is -1.23. The van der Waals surface area contributed by atoms with Gasteiger partial charge in [0, 0.05) is 32.5 Å². The Labute approximate surface area is 341 Å². The molecule has 56 heavy (non-hydrogen) atoms. The predicted molar refractivity (Wildman–Crippen MR) is 216 cm³/mol. The number of aromatic nitrogens is 2. The van der Waals surface area contributed by atoms with E-state index in [0.717, 1.165) is 33.0 Å². The number of benzene rings is 4. The van der Waals surface area contributed by atoms with Crippen LogP contribution < -0.4 is 15.4 Å². The topological polar surface area (TPSA) is 205 Å². The van der Waals surface area contributed by atoms with Gasteiger partial charge in [-0.15, -0.1) is 11.8 Å². The molecule has 0 spiro atoms. The van der Waals surface area contributed by atoms with E-state index in [0.29, 0.717) is 22.4 Å². The summed E-state index contributed by atoms with van der Waals surface area (Å²) in [6.07, 6.45) is 2.28. The Morgan fingerprint density at radius 2 is 1.45 bits per heavy atom. The molecule has 282 valence electrons. The molecule has 13 nitrogen and oxygen atoms in total. The number of aromatic carboxylic acids is 2. The second-order valence-corrected chi connectivity index (χ2v) is 14.4. The van der Waals surface area contributed by atoms with Crippen molar-refractivity contribution >= 4 is 78.7 Å². The monoisotopic (exact) mass is 897 g/mol. The van der Waals surface area contributed by atoms with Gasteiger partial charge in [0.2, 0.25) is 0 Å². The maximum Gasteiger partial charge on any atom is 0.337 e. The number of ether oxygens (including phenoxy) is 1. The Morgan fingerprint density at radius 1 is 0.786 bits per heavy atom. The van der Waals surface area contributed by atoms with Gasteiger partial charge < -0.3 is 30.1 Å². The van der Waals surface area contributed by atoms with Gasteiger partial charge in [0.25, 0.3) is 11.8 Å². The Morgan fingerprint density at radius 3 is 2.11 bits per heavy atom. The van der Waals surface area contributed by atoms with Crippen LogP contribution in [0.2, 0.25) is 0 Å². The fourth-order valence-electron chi connectivity index (χ4n) is 4.76. The highest BCUT2D eigenvalue weighted by molar-refractivity contribution is 9.10. The Hall–Kier alpha value is -6.28. The number of pyridine rings is 1. The number of nitriles is 1. The van der Waals surface area contributed by atoms with Gasteiger partial charge in [-0.2, -0.15) is 5.26 Å². The number of hydrogen-bond donors (Lipinski definition) is 4. The number of halogens is 2. The van der Waals surface area contributed by atoms with Crippen molar-refractivity contribution < 1.29 is 38.7 Å². The largest absolute Gasteiger partial charge is 0.494 e. The first-order valence-electron chi connectivity index (χ1n) is 16.4. The van der Waals surface area contributed by atoms with Crippen molar-refractivity contribution in [3.63, 3.8) is 0 Å². The number of carboxylic acid groups (broad SMARTS) is 2. The summed E-state index contributed by atoms with van der Waals surface area (Å²) in [5, 5.41) is 37.1. The molecule has 2 amide bonds. The standard InChI is InChI=1S/C23H18BrN3O4S.C17H11BrN2O4/c24-17-4-6-18(7-5-17)31-10-1-11-32-21-9-3-16(14-26-21)22(28)27-20-8-2-15(13-25)12-19(20)23(29)30;18-11-6-7-13(12(8-11)17(22)23)19-16(21)14-9-15(24-20-14)10-4-2-1-3-5-10/h2-9,12,14H,1,10-11H2,(H,27,28)(H,29,30);1-9H,(H,19,21)(H,22,23). The van der Waals surface area contributed by atoms with E-state index in [9.17, 15) is 29.4 Å². The molecular weight excluding hydrogens is 870 g/mol. The lowest BCUT2D eigenvalue weighted by molar-refractivity contribution is 0.0686. The molecule has 16 heteroatoms. The van der Waals surface area contributed by atoms with E-state index >= 15 is 0 Å². The summed E-state index contributed by atoms with van der Waals surface area (Å²) < 4.78 is 12.5. The van der Waals surface area contributed by atoms with E-state index < -0.39 is 23.8 Å². The number of thioether (sulfide) groups is 1. The third kappa shape index (κ3) is 11.6. The quantitative estimate of drug-likeness (QED) is 0.0633. The van der Waals surface area contributed by atoms with Crippen LogP contribution in [0.3, 0.4) is 0 Å². The van der Waals surface area contributed by atoms with Gasteiger partial charge in [0.1, 0.15) is 5.75 Å². The van der Waals surface area contributed by atoms with Crippen molar-refractivity contribution in [3.05, 3.63) is 152 Å². The first-order chi connectivity index (χ1) is 27.0. The zero-order valence-electron chi connectivity index (χ0n) is 28.9. The lowest BCUT2D eigenvalue weighted by Crippen LogP contribution is -2.15. The number of hydrogen-bond acceptors (Lipinski definition) is 10. The number of amides is 2. The van der Waals surface area contributed by atoms with Crippen LogP contribution in [0.5, 0.6) is 5.75 Å². The summed E-state index contributed by atoms with van der Waals surface area (Å²) in [4.78, 5) is 51.7. The van der Waals surface area contributed by atoms with Crippen molar-refractivity contribution in [2.45, 2.75) is 11.4 Å². The van der Waals surface area contributed by atoms with Crippen molar-refractivity contribution in [1.29, 1.82) is 5.26 Å². The number of anilines is 2. The third-order valence-corrected chi connectivity index (χ3v) is 9.56. The minimum Gasteiger partial charge on any atom is -0.494 e. The highest BCUT2D eigenvalue weighted by atomic mass is 79.9. The van der Waals surface area contributed by atoms with Crippen LogP contribution in [-0.4, -0.2) is 56.5 Å². The molecule has 4 aromatic carbocycles. The molecular formula is C40H29Br2N5O8S. The summed E-state index contributed by atoms with van der Waals surface area (Å²) in [6.45, 7) is 0.589. The SMILES string of the molecule is N#Cc1ccc(NC(=O)c2ccc(SCCCOc3ccc(Br)cc3)nc2)c(C(=O)O)c1.O=C(Nc1ccc(Br)cc1C(=O)O)c1cc(-c2ccccc2)on1. The van der Waals surface area contributed by atoms with Crippen LogP contribution in [0, 0.1) is 11.3 Å². The van der Waals surface area contributed by atoms with E-state index in [1.165, 1.54) is 42.6 Å². The van der Waals surface area contributed by atoms with Crippen molar-refractivity contribution in [1.82, 2.24) is 10.1 Å². The van der Waals surface area contributed by atoms with E-state index in [2.05, 4.69) is 52.6 Å². The van der Waals surface area contributed by atoms with Crippen LogP contribution >= 0.6 is 43.6 Å². The maximum absolute atomic E-state index is 12.5. The molecule has 0 unspecified atom stereocenters. The Balaban J connectivity index is 0.000000223. The second-order valence-electron chi connectivity index (χ2n) is 11.4. The van der Waals surface area contributed by atoms with E-state index in [-0.39, 0.29) is 33.8 Å². The average molecular weight is 900 g/mol. The van der Waals surface area contributed by atoms with Gasteiger partial charge in [0.15, 0.2) is 11.5 Å². The zero-order valence-corrected chi connectivity index (χ0v) is 32.9. The highest BCUT2D eigenvalue weighted by Gasteiger charge is 2.18. The summed E-state index contributed by atoms with van der Waals surface area (Å²) in [5.41, 5.74) is 1.48. The number of nitrogens with one attached hydrogen (secondary N) is 2. The Bertz CT molecular complexity index is 2390. The molecule has 6 aromatic rings. The summed E-state index contributed by atoms with van der Waals surface area (Å²) in [5.74, 6) is -1.32. The molecule has 0 bridgehead atoms. The van der Waals surface area contributed by atoms with Gasteiger partial charge >= 0.3 is 11.9 Å². The molecule has 0 atom stereocenters. The number of carboxylic acids is 2. The molecule has 0 fully saturated rings. The van der Waals surface area contributed by atoms with Crippen LogP contribution in [0.15, 0.2) is 134 Å². The molecule has 0 saturated carbocycles. The summed E-state index contributed by atoms with van der Waals surface area (Å²) >= 11 is 8.14. The van der Waals surface area contributed by atoms with Crippen LogP contribution in [0.1, 0.15) is 53.5 Å². The van der Waals surface area contributed by atoms with Crippen molar-refractivity contribution in [3.8, 4) is 23.1 Å². The molecule has 0 saturated heterocycles. The molecule has 6 rings (SSSR count). The molecule has 0 radical (unpaired) electrons. The molecule has 0 aliphatic rings. The number of rotatable bonds is 13. The maximum atomic E-state index is 12.5. The van der Waals surface area contributed by atoms with Gasteiger partial charge in [0.05, 0.1) is 51.3 Å². The second kappa shape index (κ2) is 19.9. The molecule has 2 aromatic heterocycles. The van der Waals surface area contributed by atoms with Gasteiger partial charge in [-0.25, -0.2) is 14.6 Å². The van der Waals surface area contributed by atoms with Crippen LogP contribution in [-0.2, 0) is 0 Å². The van der Waals surface area contributed by atoms with Gasteiger partial charge in [-0.3, -0.25) is 9.59 Å². The zero-order chi connectivity index (χ0) is 40.0. The smallest absolute Gasteiger partial charge is 0.337 e. The number of carbonyl (C=O) groups is 4. The number of carbonyl (C=O) groups excluding carboxylic acids is 2. The van der Waals surface area contributed by atoms with Gasteiger partial charge in [-0.1, -0.05) is 67.3 Å². The Kier molecular flexibility index (Phi) is 14.5. The third-order valence-electron chi connectivity index (χ3n) is 7.51. The fourth-order valence-corrected chi connectivity index (χ4v) is 6.15. The van der Waals surface area contributed by atoms with E-state index in [1.54, 1.807) is 30.0 Å². The lowest BCUT2D eigenvalue weighted by Gasteiger charge is -2.09. The first-order valence-corrected chi connectivity index (χ1v) is 19.0. The first kappa shape index (κ1) is 40.9. The van der Waals surface area contributed by atoms with Crippen molar-refractivity contribution in [2.24, 2.45) is 0 Å². The highest BCUT2D eigenvalue weighted by Crippen LogP contribution is 2.25. The lowest BCUT2D eigenvalue weighted by atomic mass is 10.1. The van der Waals surface area contributed by atoms with Crippen molar-refractivity contribution in [2.75, 3.05) is 23.0 Å². The molecule has 2 heterocycles. The normalized spacial score (nSPS) is 10.3. The van der Waals surface area contributed by atoms with E-state index in [1.807, 2.05) is 60.7 Å². The number of nitrogens with zero attached hydrogens (tertiary/aromatic N) is 3. The summed E-state index contributed by atoms with van der Waals surface area (Å²) in [7, 11) is 0. The molecule has 0 aliphatic carbocycles.